The summed E-state index contributed by atoms with van der Waals surface area (Å²) in [6.07, 6.45) is 0. The monoisotopic (exact) mass is 565 g/mol. The van der Waals surface area contributed by atoms with Crippen molar-refractivity contribution in [2.45, 2.75) is 0 Å². The number of aromatic nitrogens is 3. The van der Waals surface area contributed by atoms with Crippen molar-refractivity contribution in [3.63, 3.8) is 0 Å². The van der Waals surface area contributed by atoms with Gasteiger partial charge in [-0.05, 0) is 56.9 Å². The van der Waals surface area contributed by atoms with Crippen LogP contribution in [-0.4, -0.2) is 15.0 Å². The molecule has 0 spiro atoms. The lowest BCUT2D eigenvalue weighted by Crippen LogP contribution is -2.00. The zero-order valence-corrected chi connectivity index (χ0v) is 23.8. The zero-order chi connectivity index (χ0) is 28.3. The summed E-state index contributed by atoms with van der Waals surface area (Å²) >= 11 is 1.88. The molecule has 2 aromatic heterocycles. The smallest absolute Gasteiger partial charge is 0.164 e. The molecule has 0 saturated carbocycles. The van der Waals surface area contributed by atoms with Gasteiger partial charge in [0.05, 0.1) is 0 Å². The highest BCUT2D eigenvalue weighted by atomic mass is 32.1. The molecule has 0 N–H and O–H groups in total. The average Bonchev–Trinajstić information content (AvgIpc) is 3.47. The van der Waals surface area contributed by atoms with Crippen LogP contribution in [0.25, 0.3) is 87.0 Å². The van der Waals surface area contributed by atoms with Crippen LogP contribution in [0.5, 0.6) is 0 Å². The summed E-state index contributed by atoms with van der Waals surface area (Å²) in [5.41, 5.74) is 5.22. The van der Waals surface area contributed by atoms with E-state index in [0.29, 0.717) is 17.5 Å². The molecular weight excluding hydrogens is 543 g/mol. The van der Waals surface area contributed by atoms with Gasteiger partial charge in [0.1, 0.15) is 0 Å². The van der Waals surface area contributed by atoms with Gasteiger partial charge >= 0.3 is 0 Å². The quantitative estimate of drug-likeness (QED) is 0.199. The van der Waals surface area contributed by atoms with E-state index in [0.717, 1.165) is 22.3 Å². The zero-order valence-electron chi connectivity index (χ0n) is 23.0. The molecule has 9 aromatic rings. The Morgan fingerprint density at radius 2 is 0.837 bits per heavy atom. The maximum atomic E-state index is 4.96. The number of rotatable bonds is 4. The van der Waals surface area contributed by atoms with E-state index in [4.69, 9.17) is 15.0 Å². The second-order valence-electron chi connectivity index (χ2n) is 10.8. The van der Waals surface area contributed by atoms with Gasteiger partial charge in [0, 0.05) is 36.9 Å². The van der Waals surface area contributed by atoms with Gasteiger partial charge in [-0.25, -0.2) is 15.0 Å². The van der Waals surface area contributed by atoms with Crippen molar-refractivity contribution < 1.29 is 0 Å². The van der Waals surface area contributed by atoms with Crippen LogP contribution in [0.3, 0.4) is 0 Å². The Morgan fingerprint density at radius 3 is 1.53 bits per heavy atom. The van der Waals surface area contributed by atoms with Crippen molar-refractivity contribution in [2.24, 2.45) is 0 Å². The minimum absolute atomic E-state index is 0.661. The number of fused-ring (bicyclic) bond motifs is 3. The Morgan fingerprint density at radius 1 is 0.326 bits per heavy atom. The van der Waals surface area contributed by atoms with Crippen LogP contribution < -0.4 is 0 Å². The van der Waals surface area contributed by atoms with Crippen LogP contribution in [0.15, 0.2) is 140 Å². The summed E-state index contributed by atoms with van der Waals surface area (Å²) in [4.78, 5) is 14.8. The van der Waals surface area contributed by atoms with E-state index in [1.165, 1.54) is 47.3 Å². The number of thiophene rings is 1. The maximum absolute atomic E-state index is 4.96. The number of nitrogens with zero attached hydrogens (tertiary/aromatic N) is 3. The van der Waals surface area contributed by atoms with Gasteiger partial charge in [-0.15, -0.1) is 11.3 Å². The Kier molecular flexibility index (Phi) is 5.37. The standard InChI is InChI=1S/C39H23N3S/c1-3-11-24(12-4-1)37-40-38(25-13-5-2-6-14-25)42-39(41-37)27-16-9-15-26(21-27)28-22-32-30-18-8-7-17-29(30)31-19-10-20-33-35(31)36(32)34(23-28)43-33/h1-23H. The fourth-order valence-corrected chi connectivity index (χ4v) is 7.48. The SMILES string of the molecule is c1ccc(-c2nc(-c3ccccc3)nc(-c3cccc(-c4cc5sc6cccc7c8ccccc8c(c4)c5c67)c3)n2)cc1. The molecule has 7 aromatic carbocycles. The van der Waals surface area contributed by atoms with E-state index in [1.807, 2.05) is 72.0 Å². The Labute approximate surface area is 252 Å². The summed E-state index contributed by atoms with van der Waals surface area (Å²) in [7, 11) is 0. The first kappa shape index (κ1) is 24.2. The molecule has 3 nitrogen and oxygen atoms in total. The summed E-state index contributed by atoms with van der Waals surface area (Å²) < 4.78 is 2.65. The first-order valence-corrected chi connectivity index (χ1v) is 15.2. The second-order valence-corrected chi connectivity index (χ2v) is 11.9. The largest absolute Gasteiger partial charge is 0.208 e. The van der Waals surface area contributed by atoms with Crippen LogP contribution in [-0.2, 0) is 0 Å². The number of hydrogen-bond donors (Lipinski definition) is 0. The van der Waals surface area contributed by atoms with Crippen molar-refractivity contribution in [3.8, 4) is 45.3 Å². The fraction of sp³-hybridized carbons (Fsp3) is 0. The summed E-state index contributed by atoms with van der Waals surface area (Å²) in [6.45, 7) is 0. The molecule has 0 amide bonds. The number of benzene rings is 7. The van der Waals surface area contributed by atoms with Gasteiger partial charge in [-0.3, -0.25) is 0 Å². The highest BCUT2D eigenvalue weighted by Gasteiger charge is 2.18. The molecule has 0 aliphatic rings. The van der Waals surface area contributed by atoms with Crippen LogP contribution in [0.4, 0.5) is 0 Å². The van der Waals surface area contributed by atoms with Gasteiger partial charge < -0.3 is 0 Å². The molecule has 43 heavy (non-hydrogen) atoms. The Bertz CT molecular complexity index is 2390. The molecule has 0 aliphatic heterocycles. The lowest BCUT2D eigenvalue weighted by Gasteiger charge is -2.12. The lowest BCUT2D eigenvalue weighted by molar-refractivity contribution is 1.07. The molecule has 0 aliphatic carbocycles. The Hall–Kier alpha value is -5.45. The van der Waals surface area contributed by atoms with Gasteiger partial charge in [-0.2, -0.15) is 0 Å². The molecule has 200 valence electrons. The van der Waals surface area contributed by atoms with E-state index in [-0.39, 0.29) is 0 Å². The summed E-state index contributed by atoms with van der Waals surface area (Å²) in [5, 5.41) is 7.98. The molecule has 2 heterocycles. The van der Waals surface area contributed by atoms with Crippen molar-refractivity contribution >= 4 is 53.1 Å². The first-order valence-electron chi connectivity index (χ1n) is 14.4. The van der Waals surface area contributed by atoms with E-state index < -0.39 is 0 Å². The molecule has 0 saturated heterocycles. The molecule has 4 heteroatoms. The van der Waals surface area contributed by atoms with Gasteiger partial charge in [0.15, 0.2) is 17.5 Å². The van der Waals surface area contributed by atoms with Crippen molar-refractivity contribution in [3.05, 3.63) is 140 Å². The maximum Gasteiger partial charge on any atom is 0.164 e. The highest BCUT2D eigenvalue weighted by Crippen LogP contribution is 2.46. The molecular formula is C39H23N3S. The van der Waals surface area contributed by atoms with Gasteiger partial charge in [-0.1, -0.05) is 115 Å². The van der Waals surface area contributed by atoms with Crippen LogP contribution in [0.1, 0.15) is 0 Å². The average molecular weight is 566 g/mol. The number of hydrogen-bond acceptors (Lipinski definition) is 4. The molecule has 0 atom stereocenters. The third-order valence-corrected chi connectivity index (χ3v) is 9.36. The van der Waals surface area contributed by atoms with Gasteiger partial charge in [0.25, 0.3) is 0 Å². The van der Waals surface area contributed by atoms with Crippen molar-refractivity contribution in [2.75, 3.05) is 0 Å². The van der Waals surface area contributed by atoms with Crippen molar-refractivity contribution in [1.29, 1.82) is 0 Å². The second kappa shape index (κ2) is 9.55. The highest BCUT2D eigenvalue weighted by molar-refractivity contribution is 7.26. The molecule has 0 fully saturated rings. The van der Waals surface area contributed by atoms with Crippen molar-refractivity contribution in [1.82, 2.24) is 15.0 Å². The minimum atomic E-state index is 0.661. The normalized spacial score (nSPS) is 11.7. The van der Waals surface area contributed by atoms with E-state index in [1.54, 1.807) is 0 Å². The topological polar surface area (TPSA) is 38.7 Å². The minimum Gasteiger partial charge on any atom is -0.208 e. The predicted octanol–water partition coefficient (Wildman–Crippen LogP) is 10.7. The van der Waals surface area contributed by atoms with Crippen LogP contribution >= 0.6 is 11.3 Å². The molecule has 0 unspecified atom stereocenters. The molecule has 9 rings (SSSR count). The summed E-state index contributed by atoms with van der Waals surface area (Å²) in [5.74, 6) is 1.99. The third-order valence-electron chi connectivity index (χ3n) is 8.26. The van der Waals surface area contributed by atoms with Gasteiger partial charge in [0.2, 0.25) is 0 Å². The Balaban J connectivity index is 1.25. The predicted molar refractivity (Wildman–Crippen MR) is 181 cm³/mol. The van der Waals surface area contributed by atoms with E-state index >= 15 is 0 Å². The first-order chi connectivity index (χ1) is 21.3. The van der Waals surface area contributed by atoms with Crippen LogP contribution in [0, 0.1) is 0 Å². The molecule has 0 bridgehead atoms. The van der Waals surface area contributed by atoms with E-state index in [9.17, 15) is 0 Å². The third kappa shape index (κ3) is 3.92. The fourth-order valence-electron chi connectivity index (χ4n) is 6.28. The lowest BCUT2D eigenvalue weighted by atomic mass is 9.92. The van der Waals surface area contributed by atoms with E-state index in [2.05, 4.69) is 78.9 Å². The van der Waals surface area contributed by atoms with Crippen LogP contribution in [0.2, 0.25) is 0 Å². The molecule has 0 radical (unpaired) electrons. The summed E-state index contributed by atoms with van der Waals surface area (Å²) in [6, 6.07) is 49.0.